The van der Waals surface area contributed by atoms with Crippen molar-refractivity contribution in [2.75, 3.05) is 6.54 Å². The molecule has 0 radical (unpaired) electrons. The molecule has 25 heavy (non-hydrogen) atoms. The standard InChI is InChI=1S/C19H16N2O2S2/c22-19-21(14-4-1-2-5-15(14)23-19)12-20-9-7-16-13(8-11-25-16)18(20)17-6-3-10-24-17/h1-6,8,10-11,18H,7,9,12H2/p+1/t18-/m1/s1. The molecule has 3 aromatic heterocycles. The highest BCUT2D eigenvalue weighted by atomic mass is 32.1. The highest BCUT2D eigenvalue weighted by Gasteiger charge is 2.34. The molecule has 1 aliphatic heterocycles. The van der Waals surface area contributed by atoms with E-state index in [4.69, 9.17) is 4.42 Å². The Labute approximate surface area is 152 Å². The minimum Gasteiger partial charge on any atom is -0.408 e. The number of benzene rings is 1. The molecule has 4 nitrogen and oxygen atoms in total. The average molecular weight is 369 g/mol. The molecule has 0 bridgehead atoms. The van der Waals surface area contributed by atoms with Gasteiger partial charge >= 0.3 is 5.76 Å². The molecule has 0 aliphatic carbocycles. The lowest BCUT2D eigenvalue weighted by atomic mass is 9.99. The van der Waals surface area contributed by atoms with E-state index in [-0.39, 0.29) is 11.8 Å². The fraction of sp³-hybridized carbons (Fsp3) is 0.211. The van der Waals surface area contributed by atoms with E-state index in [0.29, 0.717) is 12.3 Å². The summed E-state index contributed by atoms with van der Waals surface area (Å²) in [6.45, 7) is 1.63. The molecule has 5 rings (SSSR count). The van der Waals surface area contributed by atoms with Gasteiger partial charge in [0.1, 0.15) is 0 Å². The number of nitrogens with one attached hydrogen (secondary N) is 1. The van der Waals surface area contributed by atoms with Crippen LogP contribution in [0.4, 0.5) is 0 Å². The van der Waals surface area contributed by atoms with Crippen LogP contribution in [-0.4, -0.2) is 11.1 Å². The van der Waals surface area contributed by atoms with Crippen molar-refractivity contribution in [1.29, 1.82) is 0 Å². The summed E-state index contributed by atoms with van der Waals surface area (Å²) in [5.74, 6) is -0.269. The van der Waals surface area contributed by atoms with Crippen LogP contribution in [-0.2, 0) is 13.1 Å². The van der Waals surface area contributed by atoms with Crippen LogP contribution in [0.3, 0.4) is 0 Å². The third-order valence-corrected chi connectivity index (χ3v) is 6.87. The smallest absolute Gasteiger partial charge is 0.408 e. The topological polar surface area (TPSA) is 39.6 Å². The highest BCUT2D eigenvalue weighted by molar-refractivity contribution is 7.10. The van der Waals surface area contributed by atoms with Gasteiger partial charge in [-0.05, 0) is 35.0 Å². The van der Waals surface area contributed by atoms with Crippen molar-refractivity contribution >= 4 is 33.8 Å². The fourth-order valence-corrected chi connectivity index (χ4v) is 5.62. The summed E-state index contributed by atoms with van der Waals surface area (Å²) in [4.78, 5) is 16.6. The largest absolute Gasteiger partial charge is 0.424 e. The lowest BCUT2D eigenvalue weighted by Crippen LogP contribution is -3.13. The van der Waals surface area contributed by atoms with Gasteiger partial charge in [0.2, 0.25) is 0 Å². The summed E-state index contributed by atoms with van der Waals surface area (Å²) in [7, 11) is 0. The third kappa shape index (κ3) is 2.49. The van der Waals surface area contributed by atoms with Gasteiger partial charge in [-0.25, -0.2) is 9.36 Å². The van der Waals surface area contributed by atoms with Crippen molar-refractivity contribution in [3.8, 4) is 0 Å². The first-order valence-electron chi connectivity index (χ1n) is 8.34. The summed E-state index contributed by atoms with van der Waals surface area (Å²) < 4.78 is 7.20. The molecule has 1 aliphatic rings. The van der Waals surface area contributed by atoms with Crippen LogP contribution in [0.25, 0.3) is 11.1 Å². The quantitative estimate of drug-likeness (QED) is 0.603. The third-order valence-electron chi connectivity index (χ3n) is 4.93. The number of para-hydroxylation sites is 2. The number of aromatic nitrogens is 1. The van der Waals surface area contributed by atoms with Crippen molar-refractivity contribution < 1.29 is 9.32 Å². The minimum atomic E-state index is -0.269. The van der Waals surface area contributed by atoms with Crippen molar-refractivity contribution in [3.63, 3.8) is 0 Å². The maximum Gasteiger partial charge on any atom is 0.424 e. The molecule has 4 aromatic rings. The zero-order chi connectivity index (χ0) is 16.8. The highest BCUT2D eigenvalue weighted by Crippen LogP contribution is 2.31. The SMILES string of the molecule is O=c1oc2ccccc2n1C[NH+]1CCc2sccc2[C@@H]1c1cccs1. The van der Waals surface area contributed by atoms with E-state index in [1.54, 1.807) is 15.9 Å². The van der Waals surface area contributed by atoms with E-state index in [0.717, 1.165) is 18.5 Å². The molecular weight excluding hydrogens is 352 g/mol. The number of thiophene rings is 2. The van der Waals surface area contributed by atoms with Crippen LogP contribution in [0.1, 0.15) is 21.4 Å². The Hall–Kier alpha value is -2.15. The van der Waals surface area contributed by atoms with Gasteiger partial charge in [0.25, 0.3) is 0 Å². The Kier molecular flexibility index (Phi) is 3.62. The van der Waals surface area contributed by atoms with Crippen LogP contribution in [0.2, 0.25) is 0 Å². The maximum absolute atomic E-state index is 12.4. The molecule has 2 atom stereocenters. The first-order chi connectivity index (χ1) is 12.3. The molecule has 0 fully saturated rings. The van der Waals surface area contributed by atoms with Gasteiger partial charge in [-0.15, -0.1) is 22.7 Å². The van der Waals surface area contributed by atoms with Crippen LogP contribution >= 0.6 is 22.7 Å². The zero-order valence-corrected chi connectivity index (χ0v) is 15.1. The van der Waals surface area contributed by atoms with Gasteiger partial charge < -0.3 is 9.32 Å². The first kappa shape index (κ1) is 15.1. The molecule has 0 spiro atoms. The summed E-state index contributed by atoms with van der Waals surface area (Å²) >= 11 is 3.64. The normalized spacial score (nSPS) is 20.0. The minimum absolute atomic E-state index is 0.269. The lowest BCUT2D eigenvalue weighted by molar-refractivity contribution is -0.949. The van der Waals surface area contributed by atoms with Gasteiger partial charge in [0, 0.05) is 16.9 Å². The maximum atomic E-state index is 12.4. The predicted molar refractivity (Wildman–Crippen MR) is 100 cm³/mol. The van der Waals surface area contributed by atoms with E-state index < -0.39 is 0 Å². The molecule has 0 saturated heterocycles. The number of rotatable bonds is 3. The molecule has 1 N–H and O–H groups in total. The molecule has 1 aromatic carbocycles. The van der Waals surface area contributed by atoms with E-state index in [2.05, 4.69) is 29.0 Å². The number of nitrogens with zero attached hydrogens (tertiary/aromatic N) is 1. The summed E-state index contributed by atoms with van der Waals surface area (Å²) in [6, 6.07) is 14.5. The van der Waals surface area contributed by atoms with E-state index in [1.165, 1.54) is 20.2 Å². The molecule has 126 valence electrons. The van der Waals surface area contributed by atoms with Crippen LogP contribution in [0.15, 0.2) is 62.4 Å². The van der Waals surface area contributed by atoms with Crippen molar-refractivity contribution in [3.05, 3.63) is 79.1 Å². The van der Waals surface area contributed by atoms with Crippen LogP contribution in [0.5, 0.6) is 0 Å². The fourth-order valence-electron chi connectivity index (χ4n) is 3.80. The van der Waals surface area contributed by atoms with Crippen molar-refractivity contribution in [2.45, 2.75) is 19.1 Å². The summed E-state index contributed by atoms with van der Waals surface area (Å²) in [5.41, 5.74) is 2.95. The number of hydrogen-bond acceptors (Lipinski definition) is 4. The summed E-state index contributed by atoms with van der Waals surface area (Å²) in [5, 5.41) is 4.32. The monoisotopic (exact) mass is 369 g/mol. The predicted octanol–water partition coefficient (Wildman–Crippen LogP) is 2.91. The molecule has 6 heteroatoms. The Morgan fingerprint density at radius 3 is 2.92 bits per heavy atom. The van der Waals surface area contributed by atoms with Crippen LogP contribution in [0, 0.1) is 0 Å². The van der Waals surface area contributed by atoms with Gasteiger partial charge in [-0.3, -0.25) is 0 Å². The average Bonchev–Trinajstić information content (AvgIpc) is 3.35. The van der Waals surface area contributed by atoms with E-state index in [9.17, 15) is 4.79 Å². The number of quaternary nitrogens is 1. The molecular formula is C19H17N2O2S2+. The molecule has 0 saturated carbocycles. The van der Waals surface area contributed by atoms with Crippen LogP contribution < -0.4 is 10.7 Å². The van der Waals surface area contributed by atoms with Crippen molar-refractivity contribution in [1.82, 2.24) is 4.57 Å². The summed E-state index contributed by atoms with van der Waals surface area (Å²) in [6.07, 6.45) is 1.06. The van der Waals surface area contributed by atoms with Gasteiger partial charge in [0.05, 0.1) is 16.9 Å². The van der Waals surface area contributed by atoms with Crippen molar-refractivity contribution in [2.24, 2.45) is 0 Å². The second-order valence-corrected chi connectivity index (χ2v) is 8.31. The van der Waals surface area contributed by atoms with Gasteiger partial charge in [0.15, 0.2) is 18.3 Å². The van der Waals surface area contributed by atoms with E-state index >= 15 is 0 Å². The second-order valence-electron chi connectivity index (χ2n) is 6.33. The second kappa shape index (κ2) is 5.98. The Balaban J connectivity index is 1.59. The van der Waals surface area contributed by atoms with Gasteiger partial charge in [-0.1, -0.05) is 18.2 Å². The Morgan fingerprint density at radius 2 is 2.04 bits per heavy atom. The zero-order valence-electron chi connectivity index (χ0n) is 13.5. The number of fused-ring (bicyclic) bond motifs is 2. The number of hydrogen-bond donors (Lipinski definition) is 1. The molecule has 0 amide bonds. The first-order valence-corrected chi connectivity index (χ1v) is 10.1. The molecule has 4 heterocycles. The molecule has 1 unspecified atom stereocenters. The van der Waals surface area contributed by atoms with E-state index in [1.807, 2.05) is 35.6 Å². The Bertz CT molecular complexity index is 1070. The number of oxazole rings is 1. The lowest BCUT2D eigenvalue weighted by Gasteiger charge is -2.32. The van der Waals surface area contributed by atoms with Gasteiger partial charge in [-0.2, -0.15) is 0 Å². The Morgan fingerprint density at radius 1 is 1.12 bits per heavy atom.